The fraction of sp³-hybridized carbons (Fsp3) is 0.389. The number of alkyl halides is 3. The van der Waals surface area contributed by atoms with Crippen molar-refractivity contribution in [2.75, 3.05) is 20.3 Å². The minimum absolute atomic E-state index is 0.0328. The first-order valence-electron chi connectivity index (χ1n) is 8.32. The largest absolute Gasteiger partial charge is 0.493 e. The molecule has 0 bridgehead atoms. The highest BCUT2D eigenvalue weighted by Gasteiger charge is 2.29. The van der Waals surface area contributed by atoms with Crippen molar-refractivity contribution in [2.45, 2.75) is 26.2 Å². The lowest BCUT2D eigenvalue weighted by molar-refractivity contribution is -0.153. The van der Waals surface area contributed by atoms with Crippen molar-refractivity contribution < 1.29 is 27.1 Å². The average molecular weight is 385 g/mol. The first kappa shape index (κ1) is 20.5. The van der Waals surface area contributed by atoms with Crippen molar-refractivity contribution in [3.8, 4) is 11.5 Å². The van der Waals surface area contributed by atoms with E-state index in [-0.39, 0.29) is 11.5 Å². The van der Waals surface area contributed by atoms with Crippen LogP contribution in [0, 0.1) is 0 Å². The van der Waals surface area contributed by atoms with Crippen LogP contribution in [0.3, 0.4) is 0 Å². The van der Waals surface area contributed by atoms with Crippen molar-refractivity contribution in [1.82, 2.24) is 10.6 Å². The maximum Gasteiger partial charge on any atom is 0.422 e. The zero-order chi connectivity index (χ0) is 19.7. The molecule has 0 spiro atoms. The third kappa shape index (κ3) is 7.12. The first-order valence-corrected chi connectivity index (χ1v) is 8.32. The first-order chi connectivity index (χ1) is 12.9. The van der Waals surface area contributed by atoms with Crippen molar-refractivity contribution in [1.29, 1.82) is 0 Å². The Balaban J connectivity index is 2.01. The zero-order valence-electron chi connectivity index (χ0n) is 15.1. The van der Waals surface area contributed by atoms with E-state index in [1.165, 1.54) is 13.2 Å². The van der Waals surface area contributed by atoms with Crippen LogP contribution in [0.2, 0.25) is 0 Å². The molecule has 0 unspecified atom stereocenters. The summed E-state index contributed by atoms with van der Waals surface area (Å²) in [7, 11) is 1.37. The lowest BCUT2D eigenvalue weighted by Gasteiger charge is -2.13. The number of rotatable bonds is 8. The van der Waals surface area contributed by atoms with Crippen LogP contribution in [0.15, 0.2) is 46.0 Å². The van der Waals surface area contributed by atoms with E-state index in [9.17, 15) is 13.2 Å². The van der Waals surface area contributed by atoms with Gasteiger partial charge in [0.05, 0.1) is 26.5 Å². The smallest absolute Gasteiger partial charge is 0.422 e. The van der Waals surface area contributed by atoms with Gasteiger partial charge in [0.2, 0.25) is 0 Å². The number of hydrogen-bond donors (Lipinski definition) is 2. The van der Waals surface area contributed by atoms with Gasteiger partial charge in [0.1, 0.15) is 5.76 Å². The second-order valence-corrected chi connectivity index (χ2v) is 5.52. The molecule has 0 aliphatic rings. The number of methoxy groups -OCH3 is 1. The van der Waals surface area contributed by atoms with Crippen LogP contribution < -0.4 is 20.1 Å². The number of aliphatic imine (C=N–C) groups is 1. The molecule has 1 aromatic carbocycles. The number of nitrogens with zero attached hydrogens (tertiary/aromatic N) is 1. The van der Waals surface area contributed by atoms with Gasteiger partial charge < -0.3 is 24.5 Å². The number of hydrogen-bond acceptors (Lipinski definition) is 4. The SMILES string of the molecule is CCNC(=NCc1ccc(OCC(F)(F)F)c(OC)c1)NCc1ccco1. The van der Waals surface area contributed by atoms with Crippen molar-refractivity contribution in [2.24, 2.45) is 4.99 Å². The molecule has 148 valence electrons. The summed E-state index contributed by atoms with van der Waals surface area (Å²) in [6, 6.07) is 8.34. The Morgan fingerprint density at radius 1 is 1.19 bits per heavy atom. The molecule has 1 heterocycles. The molecule has 0 aliphatic carbocycles. The summed E-state index contributed by atoms with van der Waals surface area (Å²) in [5.41, 5.74) is 0.765. The molecule has 2 rings (SSSR count). The second kappa shape index (κ2) is 9.75. The van der Waals surface area contributed by atoms with E-state index in [4.69, 9.17) is 13.9 Å². The predicted molar refractivity (Wildman–Crippen MR) is 94.9 cm³/mol. The van der Waals surface area contributed by atoms with E-state index in [0.717, 1.165) is 11.3 Å². The predicted octanol–water partition coefficient (Wildman–Crippen LogP) is 3.48. The van der Waals surface area contributed by atoms with Gasteiger partial charge in [-0.15, -0.1) is 0 Å². The zero-order valence-corrected chi connectivity index (χ0v) is 15.1. The summed E-state index contributed by atoms with van der Waals surface area (Å²) in [5, 5.41) is 6.24. The van der Waals surface area contributed by atoms with Crippen LogP contribution in [0.1, 0.15) is 18.2 Å². The molecule has 2 N–H and O–H groups in total. The third-order valence-corrected chi connectivity index (χ3v) is 3.39. The van der Waals surface area contributed by atoms with E-state index < -0.39 is 12.8 Å². The van der Waals surface area contributed by atoms with Gasteiger partial charge in [0.25, 0.3) is 0 Å². The second-order valence-electron chi connectivity index (χ2n) is 5.52. The summed E-state index contributed by atoms with van der Waals surface area (Å²) in [6.45, 7) is 2.04. The lowest BCUT2D eigenvalue weighted by Crippen LogP contribution is -2.36. The summed E-state index contributed by atoms with van der Waals surface area (Å²) in [4.78, 5) is 4.45. The van der Waals surface area contributed by atoms with Crippen LogP contribution in [0.5, 0.6) is 11.5 Å². The van der Waals surface area contributed by atoms with Crippen LogP contribution in [-0.4, -0.2) is 32.4 Å². The van der Waals surface area contributed by atoms with E-state index in [1.54, 1.807) is 24.5 Å². The van der Waals surface area contributed by atoms with Gasteiger partial charge in [-0.2, -0.15) is 13.2 Å². The van der Waals surface area contributed by atoms with Crippen molar-refractivity contribution >= 4 is 5.96 Å². The van der Waals surface area contributed by atoms with Crippen LogP contribution in [0.4, 0.5) is 13.2 Å². The number of halogens is 3. The molecule has 0 amide bonds. The Kier molecular flexibility index (Phi) is 7.39. The Labute approximate surface area is 155 Å². The highest BCUT2D eigenvalue weighted by Crippen LogP contribution is 2.30. The number of furan rings is 1. The van der Waals surface area contributed by atoms with Gasteiger partial charge in [-0.1, -0.05) is 6.07 Å². The molecule has 0 atom stereocenters. The molecular weight excluding hydrogens is 363 g/mol. The van der Waals surface area contributed by atoms with Gasteiger partial charge in [-0.05, 0) is 36.8 Å². The lowest BCUT2D eigenvalue weighted by atomic mass is 10.2. The number of ether oxygens (including phenoxy) is 2. The Morgan fingerprint density at radius 3 is 2.63 bits per heavy atom. The Bertz CT molecular complexity index is 731. The summed E-state index contributed by atoms with van der Waals surface area (Å²) >= 11 is 0. The number of nitrogens with one attached hydrogen (secondary N) is 2. The standard InChI is InChI=1S/C18H22F3N3O3/c1-3-22-17(24-11-14-5-4-8-26-14)23-10-13-6-7-15(16(9-13)25-2)27-12-18(19,20)21/h4-9H,3,10-12H2,1-2H3,(H2,22,23,24). The van der Waals surface area contributed by atoms with E-state index in [2.05, 4.69) is 15.6 Å². The molecule has 0 saturated carbocycles. The third-order valence-electron chi connectivity index (χ3n) is 3.39. The maximum atomic E-state index is 12.3. The quantitative estimate of drug-likeness (QED) is 0.538. The Morgan fingerprint density at radius 2 is 2.00 bits per heavy atom. The van der Waals surface area contributed by atoms with E-state index in [0.29, 0.717) is 25.6 Å². The van der Waals surface area contributed by atoms with Crippen LogP contribution >= 0.6 is 0 Å². The molecule has 2 aromatic rings. The molecule has 1 aromatic heterocycles. The molecule has 0 saturated heterocycles. The van der Waals surface area contributed by atoms with E-state index >= 15 is 0 Å². The number of benzene rings is 1. The van der Waals surface area contributed by atoms with E-state index in [1.807, 2.05) is 13.0 Å². The maximum absolute atomic E-state index is 12.3. The average Bonchev–Trinajstić information content (AvgIpc) is 3.15. The summed E-state index contributed by atoms with van der Waals surface area (Å²) in [5.74, 6) is 1.62. The van der Waals surface area contributed by atoms with Crippen molar-refractivity contribution in [3.05, 3.63) is 47.9 Å². The molecule has 0 radical (unpaired) electrons. The molecule has 0 fully saturated rings. The van der Waals surface area contributed by atoms with Gasteiger partial charge in [-0.3, -0.25) is 0 Å². The minimum atomic E-state index is -4.41. The highest BCUT2D eigenvalue weighted by molar-refractivity contribution is 5.79. The minimum Gasteiger partial charge on any atom is -0.493 e. The fourth-order valence-electron chi connectivity index (χ4n) is 2.19. The molecule has 6 nitrogen and oxygen atoms in total. The van der Waals surface area contributed by atoms with Gasteiger partial charge in [-0.25, -0.2) is 4.99 Å². The van der Waals surface area contributed by atoms with Gasteiger partial charge >= 0.3 is 6.18 Å². The fourth-order valence-corrected chi connectivity index (χ4v) is 2.19. The highest BCUT2D eigenvalue weighted by atomic mass is 19.4. The topological polar surface area (TPSA) is 68.0 Å². The van der Waals surface area contributed by atoms with Crippen LogP contribution in [-0.2, 0) is 13.1 Å². The number of guanidine groups is 1. The van der Waals surface area contributed by atoms with Gasteiger partial charge in [0, 0.05) is 6.54 Å². The Hall–Kier alpha value is -2.84. The summed E-state index contributed by atoms with van der Waals surface area (Å²) < 4.78 is 52.1. The monoisotopic (exact) mass is 385 g/mol. The van der Waals surface area contributed by atoms with Crippen molar-refractivity contribution in [3.63, 3.8) is 0 Å². The van der Waals surface area contributed by atoms with Gasteiger partial charge in [0.15, 0.2) is 24.1 Å². The molecule has 0 aliphatic heterocycles. The molecule has 9 heteroatoms. The molecular formula is C18H22F3N3O3. The summed E-state index contributed by atoms with van der Waals surface area (Å²) in [6.07, 6.45) is -2.82. The van der Waals surface area contributed by atoms with Crippen LogP contribution in [0.25, 0.3) is 0 Å². The normalized spacial score (nSPS) is 12.0. The molecule has 27 heavy (non-hydrogen) atoms.